The molecule has 1 aliphatic carbocycles. The van der Waals surface area contributed by atoms with Gasteiger partial charge in [0.25, 0.3) is 0 Å². The largest absolute Gasteiger partial charge is 0.354 e. The van der Waals surface area contributed by atoms with Gasteiger partial charge in [0.15, 0.2) is 0 Å². The first kappa shape index (κ1) is 15.3. The number of rotatable bonds is 4. The van der Waals surface area contributed by atoms with Crippen molar-refractivity contribution in [2.75, 3.05) is 13.1 Å². The van der Waals surface area contributed by atoms with Crippen LogP contribution in [0, 0.1) is 0 Å². The molecule has 1 saturated carbocycles. The van der Waals surface area contributed by atoms with Crippen LogP contribution in [-0.4, -0.2) is 19.0 Å². The Morgan fingerprint density at radius 3 is 2.39 bits per heavy atom. The molecule has 0 unspecified atom stereocenters. The van der Waals surface area contributed by atoms with Crippen LogP contribution in [0.5, 0.6) is 0 Å². The molecule has 3 N–H and O–H groups in total. The molecule has 2 rings (SSSR count). The van der Waals surface area contributed by atoms with Gasteiger partial charge >= 0.3 is 0 Å². The maximum atomic E-state index is 11.2. The van der Waals surface area contributed by atoms with E-state index in [0.29, 0.717) is 6.54 Å². The molecule has 5 heteroatoms. The summed E-state index contributed by atoms with van der Waals surface area (Å²) in [4.78, 5) is 11.2. The Bertz CT molecular complexity index is 402. The maximum absolute atomic E-state index is 11.2. The Labute approximate surface area is 118 Å². The van der Waals surface area contributed by atoms with Crippen LogP contribution in [0.15, 0.2) is 24.3 Å². The van der Waals surface area contributed by atoms with Gasteiger partial charge in [-0.15, -0.1) is 12.4 Å². The first-order chi connectivity index (χ1) is 8.16. The SMILES string of the molecule is Cl.NCC(=O)NCC1(c2ccc(Cl)cc2)CCC1. The summed E-state index contributed by atoms with van der Waals surface area (Å²) in [7, 11) is 0. The van der Waals surface area contributed by atoms with Crippen LogP contribution in [0.1, 0.15) is 24.8 Å². The van der Waals surface area contributed by atoms with Crippen LogP contribution >= 0.6 is 24.0 Å². The van der Waals surface area contributed by atoms with E-state index in [1.165, 1.54) is 12.0 Å². The smallest absolute Gasteiger partial charge is 0.233 e. The number of carbonyl (C=O) groups is 1. The Morgan fingerprint density at radius 2 is 1.94 bits per heavy atom. The van der Waals surface area contributed by atoms with Gasteiger partial charge in [-0.3, -0.25) is 4.79 Å². The minimum absolute atomic E-state index is 0. The molecule has 1 aromatic carbocycles. The highest BCUT2D eigenvalue weighted by Crippen LogP contribution is 2.43. The lowest BCUT2D eigenvalue weighted by Crippen LogP contribution is -2.46. The molecule has 0 aliphatic heterocycles. The number of amides is 1. The van der Waals surface area contributed by atoms with E-state index in [9.17, 15) is 4.79 Å². The summed E-state index contributed by atoms with van der Waals surface area (Å²) in [6.07, 6.45) is 3.43. The number of hydrogen-bond donors (Lipinski definition) is 2. The van der Waals surface area contributed by atoms with E-state index in [0.717, 1.165) is 17.9 Å². The zero-order valence-electron chi connectivity index (χ0n) is 10.1. The molecule has 0 atom stereocenters. The van der Waals surface area contributed by atoms with Crippen molar-refractivity contribution in [3.63, 3.8) is 0 Å². The Hall–Kier alpha value is -0.770. The van der Waals surface area contributed by atoms with Crippen molar-refractivity contribution in [1.29, 1.82) is 0 Å². The van der Waals surface area contributed by atoms with Crippen molar-refractivity contribution in [2.45, 2.75) is 24.7 Å². The van der Waals surface area contributed by atoms with Crippen LogP contribution in [0.2, 0.25) is 5.02 Å². The van der Waals surface area contributed by atoms with Crippen molar-refractivity contribution in [3.8, 4) is 0 Å². The van der Waals surface area contributed by atoms with Gasteiger partial charge in [0.2, 0.25) is 5.91 Å². The Balaban J connectivity index is 0.00000162. The first-order valence-electron chi connectivity index (χ1n) is 5.89. The van der Waals surface area contributed by atoms with Crippen LogP contribution in [0.4, 0.5) is 0 Å². The molecular formula is C13H18Cl2N2O. The highest BCUT2D eigenvalue weighted by Gasteiger charge is 2.38. The lowest BCUT2D eigenvalue weighted by atomic mass is 9.64. The second-order valence-corrected chi connectivity index (χ2v) is 5.06. The minimum atomic E-state index is -0.0924. The van der Waals surface area contributed by atoms with E-state index in [1.807, 2.05) is 12.1 Å². The zero-order valence-corrected chi connectivity index (χ0v) is 11.7. The van der Waals surface area contributed by atoms with E-state index in [4.69, 9.17) is 17.3 Å². The number of benzene rings is 1. The molecule has 0 aromatic heterocycles. The van der Waals surface area contributed by atoms with Gasteiger partial charge in [-0.2, -0.15) is 0 Å². The van der Waals surface area contributed by atoms with E-state index in [-0.39, 0.29) is 30.3 Å². The van der Waals surface area contributed by atoms with Crippen LogP contribution < -0.4 is 11.1 Å². The summed E-state index contributed by atoms with van der Waals surface area (Å²) in [6.45, 7) is 0.724. The molecule has 0 radical (unpaired) electrons. The lowest BCUT2D eigenvalue weighted by Gasteiger charge is -2.42. The predicted octanol–water partition coefficient (Wildman–Crippen LogP) is 2.26. The predicted molar refractivity (Wildman–Crippen MR) is 76.3 cm³/mol. The molecular weight excluding hydrogens is 271 g/mol. The standard InChI is InChI=1S/C13H17ClN2O.ClH/c14-11-4-2-10(3-5-11)13(6-1-7-13)9-16-12(17)8-15;/h2-5H,1,6-9,15H2,(H,16,17);1H. The normalized spacial score (nSPS) is 16.3. The monoisotopic (exact) mass is 288 g/mol. The van der Waals surface area contributed by atoms with Gasteiger partial charge in [-0.1, -0.05) is 30.2 Å². The van der Waals surface area contributed by atoms with Crippen molar-refractivity contribution in [2.24, 2.45) is 5.73 Å². The number of nitrogens with two attached hydrogens (primary N) is 1. The first-order valence-corrected chi connectivity index (χ1v) is 6.27. The molecule has 0 saturated heterocycles. The molecule has 0 heterocycles. The Morgan fingerprint density at radius 1 is 1.33 bits per heavy atom. The summed E-state index contributed by atoms with van der Waals surface area (Å²) in [5.41, 5.74) is 6.64. The van der Waals surface area contributed by atoms with E-state index in [2.05, 4.69) is 17.4 Å². The molecule has 1 amide bonds. The average molecular weight is 289 g/mol. The summed E-state index contributed by atoms with van der Waals surface area (Å²) < 4.78 is 0. The Kier molecular flexibility index (Phi) is 5.45. The lowest BCUT2D eigenvalue weighted by molar-refractivity contribution is -0.120. The van der Waals surface area contributed by atoms with Crippen LogP contribution in [-0.2, 0) is 10.2 Å². The third kappa shape index (κ3) is 3.16. The number of nitrogens with one attached hydrogen (secondary N) is 1. The molecule has 100 valence electrons. The highest BCUT2D eigenvalue weighted by molar-refractivity contribution is 6.30. The topological polar surface area (TPSA) is 55.1 Å². The summed E-state index contributed by atoms with van der Waals surface area (Å²) in [6, 6.07) is 7.91. The highest BCUT2D eigenvalue weighted by atomic mass is 35.5. The van der Waals surface area contributed by atoms with E-state index in [1.54, 1.807) is 0 Å². The number of hydrogen-bond acceptors (Lipinski definition) is 2. The fourth-order valence-electron chi connectivity index (χ4n) is 2.31. The summed E-state index contributed by atoms with van der Waals surface area (Å²) in [5.74, 6) is -0.0924. The van der Waals surface area contributed by atoms with Gasteiger partial charge in [0, 0.05) is 17.0 Å². The second-order valence-electron chi connectivity index (χ2n) is 4.62. The number of carbonyl (C=O) groups excluding carboxylic acids is 1. The number of halogens is 2. The average Bonchev–Trinajstić information content (AvgIpc) is 2.29. The third-order valence-electron chi connectivity index (χ3n) is 3.58. The van der Waals surface area contributed by atoms with Gasteiger partial charge in [-0.25, -0.2) is 0 Å². The van der Waals surface area contributed by atoms with Gasteiger partial charge in [-0.05, 0) is 30.5 Å². The van der Waals surface area contributed by atoms with E-state index >= 15 is 0 Å². The molecule has 1 aromatic rings. The van der Waals surface area contributed by atoms with Crippen LogP contribution in [0.25, 0.3) is 0 Å². The van der Waals surface area contributed by atoms with Gasteiger partial charge < -0.3 is 11.1 Å². The molecule has 1 aliphatic rings. The fraction of sp³-hybridized carbons (Fsp3) is 0.462. The molecule has 18 heavy (non-hydrogen) atoms. The summed E-state index contributed by atoms with van der Waals surface area (Å²) >= 11 is 5.89. The molecule has 0 bridgehead atoms. The van der Waals surface area contributed by atoms with Crippen molar-refractivity contribution in [3.05, 3.63) is 34.9 Å². The van der Waals surface area contributed by atoms with Crippen LogP contribution in [0.3, 0.4) is 0 Å². The molecule has 3 nitrogen and oxygen atoms in total. The maximum Gasteiger partial charge on any atom is 0.233 e. The van der Waals surface area contributed by atoms with E-state index < -0.39 is 0 Å². The van der Waals surface area contributed by atoms with Crippen molar-refractivity contribution < 1.29 is 4.79 Å². The third-order valence-corrected chi connectivity index (χ3v) is 3.83. The quantitative estimate of drug-likeness (QED) is 0.893. The van der Waals surface area contributed by atoms with Crippen molar-refractivity contribution >= 4 is 29.9 Å². The molecule has 0 spiro atoms. The van der Waals surface area contributed by atoms with Gasteiger partial charge in [0.1, 0.15) is 0 Å². The second kappa shape index (κ2) is 6.41. The zero-order chi connectivity index (χ0) is 12.3. The molecule has 1 fully saturated rings. The summed E-state index contributed by atoms with van der Waals surface area (Å²) in [5, 5.41) is 3.64. The van der Waals surface area contributed by atoms with Crippen molar-refractivity contribution in [1.82, 2.24) is 5.32 Å². The van der Waals surface area contributed by atoms with Gasteiger partial charge in [0.05, 0.1) is 6.54 Å². The fourth-order valence-corrected chi connectivity index (χ4v) is 2.44. The minimum Gasteiger partial charge on any atom is -0.354 e.